The van der Waals surface area contributed by atoms with Gasteiger partial charge in [0.05, 0.1) is 10.8 Å². The second-order valence-corrected chi connectivity index (χ2v) is 8.47. The highest BCUT2D eigenvalue weighted by Gasteiger charge is 2.24. The highest BCUT2D eigenvalue weighted by atomic mass is 35.5. The van der Waals surface area contributed by atoms with Crippen LogP contribution in [0.5, 0.6) is 0 Å². The quantitative estimate of drug-likeness (QED) is 0.533. The maximum absolute atomic E-state index is 12.2. The van der Waals surface area contributed by atoms with Gasteiger partial charge in [-0.05, 0) is 43.2 Å². The van der Waals surface area contributed by atoms with Crippen LogP contribution in [-0.4, -0.2) is 38.5 Å². The lowest BCUT2D eigenvalue weighted by atomic mass is 10.2. The van der Waals surface area contributed by atoms with Crippen molar-refractivity contribution in [3.63, 3.8) is 0 Å². The molecule has 1 saturated carbocycles. The average molecular weight is 462 g/mol. The van der Waals surface area contributed by atoms with Crippen molar-refractivity contribution in [3.05, 3.63) is 58.6 Å². The summed E-state index contributed by atoms with van der Waals surface area (Å²) in [4.78, 5) is 23.9. The molecule has 3 amide bonds. The molecule has 1 fully saturated rings. The number of carbonyl (C=O) groups is 2. The Hall–Kier alpha value is -2.55. The summed E-state index contributed by atoms with van der Waals surface area (Å²) in [7, 11) is 0. The predicted molar refractivity (Wildman–Crippen MR) is 117 cm³/mol. The molecule has 0 aliphatic heterocycles. The van der Waals surface area contributed by atoms with Crippen LogP contribution in [0.4, 0.5) is 4.79 Å². The van der Waals surface area contributed by atoms with E-state index in [4.69, 9.17) is 23.2 Å². The van der Waals surface area contributed by atoms with Crippen molar-refractivity contribution in [1.82, 2.24) is 25.4 Å². The summed E-state index contributed by atoms with van der Waals surface area (Å²) in [5.41, 5.74) is 1.48. The maximum Gasteiger partial charge on any atom is 0.321 e. The SMILES string of the molecule is O=C(CSc1nnc(-c2ccc(Cl)cc2Cl)n1-c1ccccc1)NC(=O)NC1CC1. The van der Waals surface area contributed by atoms with Crippen molar-refractivity contribution in [2.24, 2.45) is 0 Å². The Morgan fingerprint density at radius 1 is 1.10 bits per heavy atom. The van der Waals surface area contributed by atoms with Crippen LogP contribution in [0.2, 0.25) is 10.0 Å². The molecule has 4 rings (SSSR count). The second kappa shape index (κ2) is 9.07. The molecule has 30 heavy (non-hydrogen) atoms. The molecule has 0 bridgehead atoms. The van der Waals surface area contributed by atoms with E-state index in [0.717, 1.165) is 18.5 Å². The smallest absolute Gasteiger partial charge is 0.321 e. The molecule has 0 spiro atoms. The lowest BCUT2D eigenvalue weighted by molar-refractivity contribution is -0.117. The van der Waals surface area contributed by atoms with Gasteiger partial charge in [-0.1, -0.05) is 53.2 Å². The van der Waals surface area contributed by atoms with Gasteiger partial charge in [-0.2, -0.15) is 0 Å². The van der Waals surface area contributed by atoms with Crippen LogP contribution in [0, 0.1) is 0 Å². The van der Waals surface area contributed by atoms with Gasteiger partial charge in [0.2, 0.25) is 5.91 Å². The van der Waals surface area contributed by atoms with Crippen LogP contribution >= 0.6 is 35.0 Å². The molecule has 2 N–H and O–H groups in total. The number of urea groups is 1. The van der Waals surface area contributed by atoms with Gasteiger partial charge in [0, 0.05) is 22.3 Å². The van der Waals surface area contributed by atoms with Gasteiger partial charge in [0.1, 0.15) is 0 Å². The first-order valence-corrected chi connectivity index (χ1v) is 10.9. The molecule has 1 aliphatic rings. The zero-order valence-corrected chi connectivity index (χ0v) is 18.0. The third-order valence-corrected chi connectivity index (χ3v) is 5.79. The molecule has 7 nitrogen and oxygen atoms in total. The fourth-order valence-electron chi connectivity index (χ4n) is 2.76. The van der Waals surface area contributed by atoms with Gasteiger partial charge < -0.3 is 5.32 Å². The molecule has 154 valence electrons. The monoisotopic (exact) mass is 461 g/mol. The third-order valence-electron chi connectivity index (χ3n) is 4.32. The number of hydrogen-bond donors (Lipinski definition) is 2. The number of halogens is 2. The van der Waals surface area contributed by atoms with E-state index < -0.39 is 11.9 Å². The van der Waals surface area contributed by atoms with Crippen LogP contribution in [0.15, 0.2) is 53.7 Å². The van der Waals surface area contributed by atoms with Crippen molar-refractivity contribution >= 4 is 46.9 Å². The maximum atomic E-state index is 12.2. The molecule has 1 aliphatic carbocycles. The third kappa shape index (κ3) is 4.95. The van der Waals surface area contributed by atoms with E-state index in [1.165, 1.54) is 11.8 Å². The number of nitrogens with zero attached hydrogens (tertiary/aromatic N) is 3. The van der Waals surface area contributed by atoms with Crippen LogP contribution in [-0.2, 0) is 4.79 Å². The summed E-state index contributed by atoms with van der Waals surface area (Å²) in [5.74, 6) is 0.126. The van der Waals surface area contributed by atoms with E-state index in [1.807, 2.05) is 34.9 Å². The largest absolute Gasteiger partial charge is 0.335 e. The Balaban J connectivity index is 1.57. The number of aromatic nitrogens is 3. The molecule has 1 heterocycles. The Kier molecular flexibility index (Phi) is 6.26. The number of imide groups is 1. The molecule has 0 atom stereocenters. The van der Waals surface area contributed by atoms with Gasteiger partial charge in [-0.15, -0.1) is 10.2 Å². The molecule has 2 aromatic carbocycles. The van der Waals surface area contributed by atoms with Crippen molar-refractivity contribution in [1.29, 1.82) is 0 Å². The predicted octanol–water partition coefficient (Wildman–Crippen LogP) is 4.32. The minimum Gasteiger partial charge on any atom is -0.335 e. The molecule has 0 radical (unpaired) electrons. The second-order valence-electron chi connectivity index (χ2n) is 6.69. The summed E-state index contributed by atoms with van der Waals surface area (Å²) in [6.45, 7) is 0. The molecule has 0 unspecified atom stereocenters. The van der Waals surface area contributed by atoms with E-state index in [0.29, 0.717) is 26.6 Å². The number of amides is 3. The fourth-order valence-corrected chi connectivity index (χ4v) is 4.01. The summed E-state index contributed by atoms with van der Waals surface area (Å²) in [6, 6.07) is 14.4. The van der Waals surface area contributed by atoms with Crippen molar-refractivity contribution < 1.29 is 9.59 Å². The number of benzene rings is 2. The van der Waals surface area contributed by atoms with Gasteiger partial charge in [0.15, 0.2) is 11.0 Å². The van der Waals surface area contributed by atoms with E-state index >= 15 is 0 Å². The summed E-state index contributed by atoms with van der Waals surface area (Å²) < 4.78 is 1.82. The van der Waals surface area contributed by atoms with E-state index in [1.54, 1.807) is 18.2 Å². The van der Waals surface area contributed by atoms with Gasteiger partial charge in [0.25, 0.3) is 0 Å². The fraction of sp³-hybridized carbons (Fsp3) is 0.200. The van der Waals surface area contributed by atoms with Crippen molar-refractivity contribution in [2.75, 3.05) is 5.75 Å². The highest BCUT2D eigenvalue weighted by Crippen LogP contribution is 2.33. The van der Waals surface area contributed by atoms with E-state index in [9.17, 15) is 9.59 Å². The number of rotatable bonds is 6. The normalized spacial score (nSPS) is 13.1. The van der Waals surface area contributed by atoms with Crippen LogP contribution < -0.4 is 10.6 Å². The minimum absolute atomic E-state index is 0.0113. The Labute approximate surface area is 187 Å². The van der Waals surface area contributed by atoms with Crippen molar-refractivity contribution in [3.8, 4) is 17.1 Å². The highest BCUT2D eigenvalue weighted by molar-refractivity contribution is 7.99. The number of thioether (sulfide) groups is 1. The summed E-state index contributed by atoms with van der Waals surface area (Å²) in [5, 5.41) is 15.0. The average Bonchev–Trinajstić information content (AvgIpc) is 3.43. The first-order valence-electron chi connectivity index (χ1n) is 9.20. The van der Waals surface area contributed by atoms with Gasteiger partial charge in [-0.3, -0.25) is 14.7 Å². The van der Waals surface area contributed by atoms with Gasteiger partial charge in [-0.25, -0.2) is 4.79 Å². The zero-order chi connectivity index (χ0) is 21.1. The van der Waals surface area contributed by atoms with Crippen LogP contribution in [0.25, 0.3) is 17.1 Å². The molecule has 0 saturated heterocycles. The molecule has 3 aromatic rings. The lowest BCUT2D eigenvalue weighted by Crippen LogP contribution is -2.41. The van der Waals surface area contributed by atoms with Crippen LogP contribution in [0.1, 0.15) is 12.8 Å². The zero-order valence-electron chi connectivity index (χ0n) is 15.6. The molecule has 1 aromatic heterocycles. The van der Waals surface area contributed by atoms with Gasteiger partial charge >= 0.3 is 6.03 Å². The number of carbonyl (C=O) groups excluding carboxylic acids is 2. The standard InChI is InChI=1S/C20H17Cl2N5O2S/c21-12-6-9-15(16(22)10-12)18-25-26-20(27(18)14-4-2-1-3-5-14)30-11-17(28)24-19(29)23-13-7-8-13/h1-6,9-10,13H,7-8,11H2,(H2,23,24,28,29). The summed E-state index contributed by atoms with van der Waals surface area (Å²) >= 11 is 13.6. The minimum atomic E-state index is -0.471. The topological polar surface area (TPSA) is 88.9 Å². The first-order chi connectivity index (χ1) is 14.5. The molecular formula is C20H17Cl2N5O2S. The Morgan fingerprint density at radius 2 is 1.87 bits per heavy atom. The van der Waals surface area contributed by atoms with Crippen molar-refractivity contribution in [2.45, 2.75) is 24.0 Å². The Bertz CT molecular complexity index is 1090. The first kappa shape index (κ1) is 20.7. The number of para-hydroxylation sites is 1. The van der Waals surface area contributed by atoms with Crippen LogP contribution in [0.3, 0.4) is 0 Å². The lowest BCUT2D eigenvalue weighted by Gasteiger charge is -2.11. The molecular weight excluding hydrogens is 445 g/mol. The van der Waals surface area contributed by atoms with E-state index in [-0.39, 0.29) is 11.8 Å². The summed E-state index contributed by atoms with van der Waals surface area (Å²) in [6.07, 6.45) is 1.90. The van der Waals surface area contributed by atoms with E-state index in [2.05, 4.69) is 20.8 Å². The number of hydrogen-bond acceptors (Lipinski definition) is 5. The molecule has 10 heteroatoms. The Morgan fingerprint density at radius 3 is 2.57 bits per heavy atom. The number of nitrogens with one attached hydrogen (secondary N) is 2.